The van der Waals surface area contributed by atoms with E-state index in [0.29, 0.717) is 18.7 Å². The molecule has 0 aliphatic rings. The molecule has 14 nitrogen and oxygen atoms in total. The van der Waals surface area contributed by atoms with E-state index >= 15 is 0 Å². The van der Waals surface area contributed by atoms with Crippen LogP contribution in [0.4, 0.5) is 0 Å². The number of benzene rings is 1. The molecule has 15 heteroatoms. The van der Waals surface area contributed by atoms with E-state index in [4.69, 9.17) is 17.2 Å². The Labute approximate surface area is 231 Å². The molecule has 0 aliphatic heterocycles. The molecule has 212 valence electrons. The number of H-pyrrole nitrogens is 1. The number of aliphatic imine (C=N–C) groups is 1. The van der Waals surface area contributed by atoms with E-state index in [1.165, 1.54) is 12.5 Å². The van der Waals surface area contributed by atoms with E-state index in [1.807, 2.05) is 0 Å². The highest BCUT2D eigenvalue weighted by Gasteiger charge is 2.30. The summed E-state index contributed by atoms with van der Waals surface area (Å²) in [6.45, 7) is 0.293. The van der Waals surface area contributed by atoms with Gasteiger partial charge in [-0.3, -0.25) is 19.4 Å². The Morgan fingerprint density at radius 3 is 2.15 bits per heavy atom. The molecule has 0 fully saturated rings. The molecule has 2 rings (SSSR count). The van der Waals surface area contributed by atoms with Gasteiger partial charge in [0.1, 0.15) is 18.1 Å². The van der Waals surface area contributed by atoms with Crippen LogP contribution in [0.1, 0.15) is 24.1 Å². The summed E-state index contributed by atoms with van der Waals surface area (Å²) in [6.07, 6.45) is 3.74. The molecular formula is C24H35N9O5S. The van der Waals surface area contributed by atoms with E-state index in [1.54, 1.807) is 30.3 Å². The fourth-order valence-electron chi connectivity index (χ4n) is 3.54. The van der Waals surface area contributed by atoms with Gasteiger partial charge in [0.05, 0.1) is 12.4 Å². The van der Waals surface area contributed by atoms with E-state index in [0.717, 1.165) is 5.56 Å². The number of carboxylic acid groups (broad SMARTS) is 1. The van der Waals surface area contributed by atoms with Crippen LogP contribution < -0.4 is 33.2 Å². The number of rotatable bonds is 16. The largest absolute Gasteiger partial charge is 0.480 e. The SMILES string of the molecule is NC(N)=NCCCC(N)C(=O)NC(Cc1cnc[nH]1)C(=O)NC(Cc1ccccc1)C(=O)NC(CS)C(=O)O. The summed E-state index contributed by atoms with van der Waals surface area (Å²) in [5, 5.41) is 17.0. The number of imidazole rings is 1. The number of aromatic amines is 1. The lowest BCUT2D eigenvalue weighted by Gasteiger charge is -2.25. The smallest absolute Gasteiger partial charge is 0.327 e. The van der Waals surface area contributed by atoms with Crippen LogP contribution in [0.2, 0.25) is 0 Å². The topological polar surface area (TPSA) is 244 Å². The van der Waals surface area contributed by atoms with E-state index < -0.39 is 47.9 Å². The third-order valence-electron chi connectivity index (χ3n) is 5.63. The number of nitrogens with zero attached hydrogens (tertiary/aromatic N) is 2. The average Bonchev–Trinajstić information content (AvgIpc) is 3.42. The lowest BCUT2D eigenvalue weighted by Crippen LogP contribution is -2.58. The zero-order chi connectivity index (χ0) is 28.8. The molecule has 1 heterocycles. The van der Waals surface area contributed by atoms with Gasteiger partial charge in [-0.2, -0.15) is 12.6 Å². The maximum Gasteiger partial charge on any atom is 0.327 e. The first-order chi connectivity index (χ1) is 18.6. The van der Waals surface area contributed by atoms with Crippen LogP contribution in [0.5, 0.6) is 0 Å². The number of aliphatic carboxylic acids is 1. The van der Waals surface area contributed by atoms with Gasteiger partial charge in [0.25, 0.3) is 0 Å². The summed E-state index contributed by atoms with van der Waals surface area (Å²) in [7, 11) is 0. The van der Waals surface area contributed by atoms with Crippen LogP contribution in [0.15, 0.2) is 47.8 Å². The van der Waals surface area contributed by atoms with Crippen molar-refractivity contribution in [3.05, 3.63) is 54.1 Å². The Hall–Kier alpha value is -4.11. The monoisotopic (exact) mass is 561 g/mol. The molecule has 0 bridgehead atoms. The molecule has 0 saturated carbocycles. The number of carboxylic acids is 1. The zero-order valence-corrected chi connectivity index (χ0v) is 22.1. The molecule has 2 aromatic rings. The number of hydrogen-bond acceptors (Lipinski definition) is 8. The Bertz CT molecular complexity index is 1110. The quantitative estimate of drug-likeness (QED) is 0.0477. The van der Waals surface area contributed by atoms with Crippen molar-refractivity contribution >= 4 is 42.3 Å². The second kappa shape index (κ2) is 16.0. The number of carbonyl (C=O) groups is 4. The standard InChI is InChI=1S/C24H35N9O5S/c25-16(7-4-8-29-24(26)27)20(34)31-18(10-15-11-28-13-30-15)22(36)32-17(9-14-5-2-1-3-6-14)21(35)33-19(12-39)23(37)38/h1-3,5-6,11,13,16-19,39H,4,7-10,12,25H2,(H,28,30)(H,31,34)(H,32,36)(H,33,35)(H,37,38)(H4,26,27,29). The number of guanidine groups is 1. The van der Waals surface area contributed by atoms with Crippen molar-refractivity contribution in [3.8, 4) is 0 Å². The lowest BCUT2D eigenvalue weighted by atomic mass is 10.0. The second-order valence-corrected chi connectivity index (χ2v) is 9.10. The predicted molar refractivity (Wildman–Crippen MR) is 148 cm³/mol. The Balaban J connectivity index is 2.19. The van der Waals surface area contributed by atoms with Crippen molar-refractivity contribution in [1.82, 2.24) is 25.9 Å². The van der Waals surface area contributed by atoms with Crippen molar-refractivity contribution in [2.75, 3.05) is 12.3 Å². The highest BCUT2D eigenvalue weighted by Crippen LogP contribution is 2.07. The Kier molecular flexibility index (Phi) is 12.8. The summed E-state index contributed by atoms with van der Waals surface area (Å²) in [5.41, 5.74) is 17.9. The van der Waals surface area contributed by atoms with Gasteiger partial charge in [-0.1, -0.05) is 30.3 Å². The Morgan fingerprint density at radius 2 is 1.59 bits per heavy atom. The van der Waals surface area contributed by atoms with Crippen LogP contribution >= 0.6 is 12.6 Å². The van der Waals surface area contributed by atoms with Gasteiger partial charge in [0.2, 0.25) is 17.7 Å². The van der Waals surface area contributed by atoms with Crippen LogP contribution in [0.25, 0.3) is 0 Å². The predicted octanol–water partition coefficient (Wildman–Crippen LogP) is -1.96. The summed E-state index contributed by atoms with van der Waals surface area (Å²) in [5.74, 6) is -3.43. The lowest BCUT2D eigenvalue weighted by molar-refractivity contribution is -0.141. The number of nitrogens with one attached hydrogen (secondary N) is 4. The summed E-state index contributed by atoms with van der Waals surface area (Å²) in [4.78, 5) is 61.3. The number of nitrogens with two attached hydrogens (primary N) is 3. The number of aromatic nitrogens is 2. The number of carbonyl (C=O) groups excluding carboxylic acids is 3. The molecule has 0 saturated heterocycles. The first-order valence-corrected chi connectivity index (χ1v) is 12.8. The van der Waals surface area contributed by atoms with Crippen molar-refractivity contribution in [2.45, 2.75) is 49.9 Å². The van der Waals surface area contributed by atoms with Crippen LogP contribution in [0.3, 0.4) is 0 Å². The summed E-state index contributed by atoms with van der Waals surface area (Å²) >= 11 is 3.98. The molecule has 0 radical (unpaired) electrons. The van der Waals surface area contributed by atoms with Gasteiger partial charge in [-0.15, -0.1) is 0 Å². The number of thiol groups is 1. The third kappa shape index (κ3) is 11.0. The zero-order valence-electron chi connectivity index (χ0n) is 21.2. The van der Waals surface area contributed by atoms with E-state index in [-0.39, 0.29) is 31.0 Å². The normalized spacial score (nSPS) is 13.8. The van der Waals surface area contributed by atoms with Gasteiger partial charge in [-0.25, -0.2) is 9.78 Å². The van der Waals surface area contributed by atoms with Crippen LogP contribution in [-0.2, 0) is 32.0 Å². The molecule has 4 unspecified atom stereocenters. The summed E-state index contributed by atoms with van der Waals surface area (Å²) in [6, 6.07) is 4.43. The highest BCUT2D eigenvalue weighted by atomic mass is 32.1. The van der Waals surface area contributed by atoms with E-state index in [2.05, 4.69) is 43.5 Å². The van der Waals surface area contributed by atoms with Gasteiger partial charge < -0.3 is 43.2 Å². The Morgan fingerprint density at radius 1 is 0.974 bits per heavy atom. The fourth-order valence-corrected chi connectivity index (χ4v) is 3.79. The molecule has 3 amide bonds. The molecule has 0 aliphatic carbocycles. The number of amides is 3. The highest BCUT2D eigenvalue weighted by molar-refractivity contribution is 7.80. The molecular weight excluding hydrogens is 526 g/mol. The minimum atomic E-state index is -1.26. The summed E-state index contributed by atoms with van der Waals surface area (Å²) < 4.78 is 0. The van der Waals surface area contributed by atoms with Crippen LogP contribution in [-0.4, -0.2) is 81.2 Å². The minimum Gasteiger partial charge on any atom is -0.480 e. The fraction of sp³-hybridized carbons (Fsp3) is 0.417. The van der Waals surface area contributed by atoms with Crippen molar-refractivity contribution in [1.29, 1.82) is 0 Å². The third-order valence-corrected chi connectivity index (χ3v) is 5.99. The van der Waals surface area contributed by atoms with Gasteiger partial charge in [0.15, 0.2) is 5.96 Å². The first kappa shape index (κ1) is 31.1. The van der Waals surface area contributed by atoms with Crippen molar-refractivity contribution < 1.29 is 24.3 Å². The maximum atomic E-state index is 13.4. The first-order valence-electron chi connectivity index (χ1n) is 12.2. The van der Waals surface area contributed by atoms with Gasteiger partial charge in [-0.05, 0) is 18.4 Å². The number of hydrogen-bond donors (Lipinski definition) is 9. The molecule has 1 aromatic heterocycles. The second-order valence-electron chi connectivity index (χ2n) is 8.73. The van der Waals surface area contributed by atoms with Crippen molar-refractivity contribution in [2.24, 2.45) is 22.2 Å². The molecule has 1 aromatic carbocycles. The maximum absolute atomic E-state index is 13.4. The minimum absolute atomic E-state index is 0.0341. The molecule has 11 N–H and O–H groups in total. The van der Waals surface area contributed by atoms with Crippen LogP contribution in [0, 0.1) is 0 Å². The van der Waals surface area contributed by atoms with Crippen molar-refractivity contribution in [3.63, 3.8) is 0 Å². The van der Waals surface area contributed by atoms with E-state index in [9.17, 15) is 24.3 Å². The van der Waals surface area contributed by atoms with Gasteiger partial charge in [0, 0.05) is 37.0 Å². The molecule has 4 atom stereocenters. The molecule has 39 heavy (non-hydrogen) atoms. The average molecular weight is 562 g/mol. The molecule has 0 spiro atoms. The van der Waals surface area contributed by atoms with Gasteiger partial charge >= 0.3 is 5.97 Å².